The van der Waals surface area contributed by atoms with Gasteiger partial charge in [-0.3, -0.25) is 0 Å². The molecule has 0 saturated heterocycles. The van der Waals surface area contributed by atoms with Crippen molar-refractivity contribution in [2.45, 2.75) is 24.8 Å². The molecule has 1 aliphatic carbocycles. The van der Waals surface area contributed by atoms with E-state index in [-0.39, 0.29) is 5.82 Å². The lowest BCUT2D eigenvalue weighted by atomic mass is 9.76. The van der Waals surface area contributed by atoms with E-state index in [2.05, 4.69) is 17.4 Å². The summed E-state index contributed by atoms with van der Waals surface area (Å²) in [6.07, 6.45) is 2.04. The molecule has 104 valence electrons. The van der Waals surface area contributed by atoms with Crippen molar-refractivity contribution < 1.29 is 4.39 Å². The number of hydrogen-bond donors (Lipinski definition) is 1. The summed E-state index contributed by atoms with van der Waals surface area (Å²) in [5.74, 6) is 0.266. The van der Waals surface area contributed by atoms with Crippen molar-refractivity contribution in [1.29, 1.82) is 0 Å². The molecule has 0 spiro atoms. The molecule has 0 heterocycles. The highest BCUT2D eigenvalue weighted by molar-refractivity contribution is 6.33. The Kier molecular flexibility index (Phi) is 3.86. The fourth-order valence-electron chi connectivity index (χ4n) is 2.57. The zero-order valence-electron chi connectivity index (χ0n) is 10.7. The highest BCUT2D eigenvalue weighted by atomic mass is 35.5. The number of rotatable bonds is 3. The number of nitrogens with one attached hydrogen (secondary N) is 1. The smallest absolute Gasteiger partial charge is 0.125 e. The number of hydrogen-bond acceptors (Lipinski definition) is 1. The van der Waals surface area contributed by atoms with Gasteiger partial charge in [-0.15, -0.1) is 0 Å². The van der Waals surface area contributed by atoms with Crippen molar-refractivity contribution in [3.63, 3.8) is 0 Å². The summed E-state index contributed by atoms with van der Waals surface area (Å²) in [7, 11) is 0. The summed E-state index contributed by atoms with van der Waals surface area (Å²) >= 11 is 11.9. The van der Waals surface area contributed by atoms with E-state index in [9.17, 15) is 4.39 Å². The van der Waals surface area contributed by atoms with Gasteiger partial charge in [0.2, 0.25) is 0 Å². The number of halogens is 3. The van der Waals surface area contributed by atoms with Gasteiger partial charge in [-0.1, -0.05) is 35.3 Å². The molecule has 4 heteroatoms. The Morgan fingerprint density at radius 3 is 2.40 bits per heavy atom. The molecule has 0 amide bonds. The molecule has 0 bridgehead atoms. The topological polar surface area (TPSA) is 12.0 Å². The predicted molar refractivity (Wildman–Crippen MR) is 82.2 cm³/mol. The second kappa shape index (κ2) is 5.63. The van der Waals surface area contributed by atoms with E-state index >= 15 is 0 Å². The van der Waals surface area contributed by atoms with Crippen LogP contribution >= 0.6 is 23.2 Å². The van der Waals surface area contributed by atoms with Crippen molar-refractivity contribution in [3.8, 4) is 0 Å². The van der Waals surface area contributed by atoms with Gasteiger partial charge in [-0.2, -0.15) is 0 Å². The average Bonchev–Trinajstić information content (AvgIpc) is 2.39. The molecular formula is C16H14Cl2FN. The van der Waals surface area contributed by atoms with Crippen LogP contribution in [-0.2, 0) is 0 Å². The lowest BCUT2D eigenvalue weighted by molar-refractivity contribution is 0.374. The summed E-state index contributed by atoms with van der Waals surface area (Å²) in [4.78, 5) is 0. The largest absolute Gasteiger partial charge is 0.381 e. The van der Waals surface area contributed by atoms with E-state index in [1.165, 1.54) is 17.7 Å². The first-order valence-electron chi connectivity index (χ1n) is 6.59. The van der Waals surface area contributed by atoms with Crippen LogP contribution in [0, 0.1) is 5.82 Å². The van der Waals surface area contributed by atoms with Gasteiger partial charge in [-0.05, 0) is 54.7 Å². The molecule has 0 unspecified atom stereocenters. The van der Waals surface area contributed by atoms with Crippen LogP contribution in [0.2, 0.25) is 10.0 Å². The minimum absolute atomic E-state index is 0.273. The van der Waals surface area contributed by atoms with Gasteiger partial charge in [0, 0.05) is 11.1 Å². The summed E-state index contributed by atoms with van der Waals surface area (Å²) < 4.78 is 13.2. The highest BCUT2D eigenvalue weighted by Crippen LogP contribution is 2.39. The van der Waals surface area contributed by atoms with Crippen molar-refractivity contribution in [1.82, 2.24) is 0 Å². The third kappa shape index (κ3) is 2.92. The van der Waals surface area contributed by atoms with E-state index in [1.54, 1.807) is 6.07 Å². The molecule has 0 aromatic heterocycles. The molecule has 2 aromatic carbocycles. The Morgan fingerprint density at radius 1 is 1.00 bits per heavy atom. The second-order valence-electron chi connectivity index (χ2n) is 5.19. The SMILES string of the molecule is Fc1ccc(Cl)c(NC2CC(c3ccc(Cl)cc3)C2)c1. The minimum Gasteiger partial charge on any atom is -0.381 e. The first kappa shape index (κ1) is 13.7. The van der Waals surface area contributed by atoms with Crippen LogP contribution in [0.25, 0.3) is 0 Å². The minimum atomic E-state index is -0.273. The van der Waals surface area contributed by atoms with Crippen molar-refractivity contribution in [2.24, 2.45) is 0 Å². The van der Waals surface area contributed by atoms with Gasteiger partial charge in [0.15, 0.2) is 0 Å². The normalized spacial score (nSPS) is 21.4. The number of benzene rings is 2. The van der Waals surface area contributed by atoms with Crippen LogP contribution < -0.4 is 5.32 Å². The maximum atomic E-state index is 13.2. The standard InChI is InChI=1S/C16H14Cl2FN/c17-12-3-1-10(2-4-12)11-7-14(8-11)20-16-9-13(19)5-6-15(16)18/h1-6,9,11,14,20H,7-8H2. The quantitative estimate of drug-likeness (QED) is 0.790. The molecule has 2 aromatic rings. The lowest BCUT2D eigenvalue weighted by Crippen LogP contribution is -2.34. The summed E-state index contributed by atoms with van der Waals surface area (Å²) in [6, 6.07) is 12.7. The second-order valence-corrected chi connectivity index (χ2v) is 6.03. The molecule has 0 aliphatic heterocycles. The van der Waals surface area contributed by atoms with Crippen LogP contribution in [0.1, 0.15) is 24.3 Å². The Bertz CT molecular complexity index is 606. The van der Waals surface area contributed by atoms with Gasteiger partial charge < -0.3 is 5.32 Å². The zero-order chi connectivity index (χ0) is 14.1. The van der Waals surface area contributed by atoms with Gasteiger partial charge in [0.25, 0.3) is 0 Å². The molecular weight excluding hydrogens is 296 g/mol. The lowest BCUT2D eigenvalue weighted by Gasteiger charge is -2.37. The molecule has 0 radical (unpaired) electrons. The first-order chi connectivity index (χ1) is 9.61. The summed E-state index contributed by atoms with van der Waals surface area (Å²) in [6.45, 7) is 0. The monoisotopic (exact) mass is 309 g/mol. The van der Waals surface area contributed by atoms with Crippen LogP contribution in [0.15, 0.2) is 42.5 Å². The fourth-order valence-corrected chi connectivity index (χ4v) is 2.87. The zero-order valence-corrected chi connectivity index (χ0v) is 12.3. The fraction of sp³-hybridized carbons (Fsp3) is 0.250. The predicted octanol–water partition coefficient (Wildman–Crippen LogP) is 5.49. The first-order valence-corrected chi connectivity index (χ1v) is 7.34. The van der Waals surface area contributed by atoms with E-state index in [4.69, 9.17) is 23.2 Å². The highest BCUT2D eigenvalue weighted by Gasteiger charge is 2.30. The Labute approximate surface area is 127 Å². The molecule has 1 aliphatic rings. The van der Waals surface area contributed by atoms with E-state index in [0.717, 1.165) is 17.9 Å². The molecule has 0 atom stereocenters. The average molecular weight is 310 g/mol. The number of anilines is 1. The van der Waals surface area contributed by atoms with Crippen LogP contribution in [0.3, 0.4) is 0 Å². The van der Waals surface area contributed by atoms with E-state index < -0.39 is 0 Å². The molecule has 20 heavy (non-hydrogen) atoms. The van der Waals surface area contributed by atoms with Crippen LogP contribution in [-0.4, -0.2) is 6.04 Å². The van der Waals surface area contributed by atoms with Crippen LogP contribution in [0.5, 0.6) is 0 Å². The maximum absolute atomic E-state index is 13.2. The third-order valence-electron chi connectivity index (χ3n) is 3.77. The van der Waals surface area contributed by atoms with Gasteiger partial charge in [0.1, 0.15) is 5.82 Å². The van der Waals surface area contributed by atoms with Crippen molar-refractivity contribution in [3.05, 3.63) is 63.9 Å². The Balaban J connectivity index is 1.60. The molecule has 3 rings (SSSR count). The van der Waals surface area contributed by atoms with Gasteiger partial charge >= 0.3 is 0 Å². The van der Waals surface area contributed by atoms with Crippen molar-refractivity contribution >= 4 is 28.9 Å². The summed E-state index contributed by atoms with van der Waals surface area (Å²) in [5.41, 5.74) is 1.98. The van der Waals surface area contributed by atoms with Crippen molar-refractivity contribution in [2.75, 3.05) is 5.32 Å². The molecule has 1 fully saturated rings. The van der Waals surface area contributed by atoms with Crippen LogP contribution in [0.4, 0.5) is 10.1 Å². The molecule has 1 nitrogen and oxygen atoms in total. The van der Waals surface area contributed by atoms with Gasteiger partial charge in [-0.25, -0.2) is 4.39 Å². The van der Waals surface area contributed by atoms with E-state index in [1.807, 2.05) is 12.1 Å². The van der Waals surface area contributed by atoms with E-state index in [0.29, 0.717) is 22.7 Å². The Morgan fingerprint density at radius 2 is 1.70 bits per heavy atom. The van der Waals surface area contributed by atoms with Gasteiger partial charge in [0.05, 0.1) is 10.7 Å². The third-order valence-corrected chi connectivity index (χ3v) is 4.35. The maximum Gasteiger partial charge on any atom is 0.125 e. The molecule has 1 saturated carbocycles. The summed E-state index contributed by atoms with van der Waals surface area (Å²) in [5, 5.41) is 4.62. The molecule has 1 N–H and O–H groups in total. The Hall–Kier alpha value is -1.25.